The van der Waals surface area contributed by atoms with Gasteiger partial charge in [-0.25, -0.2) is 0 Å². The van der Waals surface area contributed by atoms with Gasteiger partial charge in [-0.05, 0) is 0 Å². The summed E-state index contributed by atoms with van der Waals surface area (Å²) in [5.74, 6) is -0.249. The van der Waals surface area contributed by atoms with E-state index in [2.05, 4.69) is 5.32 Å². The van der Waals surface area contributed by atoms with Crippen LogP contribution in [0.25, 0.3) is 0 Å². The van der Waals surface area contributed by atoms with E-state index in [4.69, 9.17) is 9.79 Å². The zero-order chi connectivity index (χ0) is 6.57. The van der Waals surface area contributed by atoms with Gasteiger partial charge < -0.3 is 15.1 Å². The average Bonchev–Trinajstić information content (AvgIpc) is 1.61. The largest absolute Gasteiger partial charge is 0.349 e. The van der Waals surface area contributed by atoms with Gasteiger partial charge >= 0.3 is 0 Å². The van der Waals surface area contributed by atoms with Crippen molar-refractivity contribution in [3.63, 3.8) is 0 Å². The van der Waals surface area contributed by atoms with Crippen molar-refractivity contribution in [3.8, 4) is 0 Å². The number of amides is 1. The second kappa shape index (κ2) is 3.78. The standard InChI is InChI=1S/C3H8NO3P/c1-3(5)4-2-8(6)7/h6-7H,2H2,1H3,(H,4,5). The maximum Gasteiger partial charge on any atom is 0.217 e. The highest BCUT2D eigenvalue weighted by atomic mass is 31.2. The molecule has 0 aliphatic rings. The fourth-order valence-corrected chi connectivity index (χ4v) is 0.546. The van der Waals surface area contributed by atoms with Crippen LogP contribution in [0.1, 0.15) is 6.92 Å². The molecule has 0 aromatic rings. The lowest BCUT2D eigenvalue weighted by Crippen LogP contribution is -2.19. The van der Waals surface area contributed by atoms with E-state index in [0.717, 1.165) is 0 Å². The van der Waals surface area contributed by atoms with Crippen LogP contribution in [-0.4, -0.2) is 22.0 Å². The molecule has 48 valence electrons. The minimum atomic E-state index is -1.96. The molecule has 8 heavy (non-hydrogen) atoms. The smallest absolute Gasteiger partial charge is 0.217 e. The Morgan fingerprint density at radius 1 is 1.75 bits per heavy atom. The Morgan fingerprint density at radius 3 is 2.38 bits per heavy atom. The van der Waals surface area contributed by atoms with Crippen LogP contribution < -0.4 is 5.32 Å². The first-order valence-corrected chi connectivity index (χ1v) is 3.46. The molecular weight excluding hydrogens is 129 g/mol. The lowest BCUT2D eigenvalue weighted by atomic mass is 10.7. The second-order valence-electron chi connectivity index (χ2n) is 1.26. The Bertz CT molecular complexity index is 84.6. The monoisotopic (exact) mass is 137 g/mol. The van der Waals surface area contributed by atoms with Crippen LogP contribution in [0.3, 0.4) is 0 Å². The molecule has 5 heteroatoms. The predicted molar refractivity (Wildman–Crippen MR) is 30.0 cm³/mol. The molecule has 0 aromatic carbocycles. The maximum atomic E-state index is 10.0. The molecule has 0 rings (SSSR count). The highest BCUT2D eigenvalue weighted by Gasteiger charge is 1.96. The zero-order valence-electron chi connectivity index (χ0n) is 4.46. The van der Waals surface area contributed by atoms with E-state index in [1.165, 1.54) is 6.92 Å². The molecule has 0 fully saturated rings. The average molecular weight is 137 g/mol. The van der Waals surface area contributed by atoms with E-state index in [1.54, 1.807) is 0 Å². The molecular formula is C3H8NO3P. The van der Waals surface area contributed by atoms with Gasteiger partial charge in [0.1, 0.15) is 0 Å². The van der Waals surface area contributed by atoms with Crippen LogP contribution >= 0.6 is 8.38 Å². The number of hydrogen-bond acceptors (Lipinski definition) is 3. The number of nitrogens with one attached hydrogen (secondary N) is 1. The van der Waals surface area contributed by atoms with Gasteiger partial charge in [0.2, 0.25) is 5.91 Å². The SMILES string of the molecule is CC(=O)NCP(O)O. The number of hydrogen-bond donors (Lipinski definition) is 3. The first kappa shape index (κ1) is 7.82. The van der Waals surface area contributed by atoms with E-state index >= 15 is 0 Å². The van der Waals surface area contributed by atoms with Crippen molar-refractivity contribution in [1.82, 2.24) is 5.32 Å². The lowest BCUT2D eigenvalue weighted by molar-refractivity contribution is -0.118. The predicted octanol–water partition coefficient (Wildman–Crippen LogP) is -0.623. The van der Waals surface area contributed by atoms with Crippen LogP contribution in [0.5, 0.6) is 0 Å². The van der Waals surface area contributed by atoms with Gasteiger partial charge in [-0.3, -0.25) is 4.79 Å². The topological polar surface area (TPSA) is 69.6 Å². The maximum absolute atomic E-state index is 10.0. The Morgan fingerprint density at radius 2 is 2.25 bits per heavy atom. The molecule has 0 radical (unpaired) electrons. The van der Waals surface area contributed by atoms with E-state index < -0.39 is 8.38 Å². The molecule has 0 bridgehead atoms. The van der Waals surface area contributed by atoms with Crippen LogP contribution in [-0.2, 0) is 4.79 Å². The lowest BCUT2D eigenvalue weighted by Gasteiger charge is -2.00. The first-order chi connectivity index (χ1) is 3.63. The van der Waals surface area contributed by atoms with Crippen LogP contribution in [0.15, 0.2) is 0 Å². The summed E-state index contributed by atoms with van der Waals surface area (Å²) in [6, 6.07) is 0. The summed E-state index contributed by atoms with van der Waals surface area (Å²) >= 11 is 0. The fraction of sp³-hybridized carbons (Fsp3) is 0.667. The molecule has 1 amide bonds. The second-order valence-corrected chi connectivity index (χ2v) is 2.32. The number of carbonyl (C=O) groups is 1. The minimum absolute atomic E-state index is 0.0370. The first-order valence-electron chi connectivity index (χ1n) is 2.02. The van der Waals surface area contributed by atoms with Crippen molar-refractivity contribution >= 4 is 14.3 Å². The molecule has 3 N–H and O–H groups in total. The van der Waals surface area contributed by atoms with Crippen LogP contribution in [0, 0.1) is 0 Å². The van der Waals surface area contributed by atoms with Crippen molar-refractivity contribution in [2.75, 3.05) is 6.29 Å². The van der Waals surface area contributed by atoms with Gasteiger partial charge in [0, 0.05) is 6.92 Å². The quantitative estimate of drug-likeness (QED) is 0.444. The summed E-state index contributed by atoms with van der Waals surface area (Å²) in [5.41, 5.74) is 0. The Labute approximate surface area is 48.4 Å². The molecule has 0 aliphatic heterocycles. The molecule has 0 saturated carbocycles. The summed E-state index contributed by atoms with van der Waals surface area (Å²) < 4.78 is 0. The van der Waals surface area contributed by atoms with Gasteiger partial charge in [0.15, 0.2) is 8.38 Å². The van der Waals surface area contributed by atoms with Crippen molar-refractivity contribution in [1.29, 1.82) is 0 Å². The molecule has 0 heterocycles. The molecule has 0 spiro atoms. The molecule has 0 saturated heterocycles. The highest BCUT2D eigenvalue weighted by molar-refractivity contribution is 7.45. The summed E-state index contributed by atoms with van der Waals surface area (Å²) in [4.78, 5) is 26.4. The van der Waals surface area contributed by atoms with Crippen molar-refractivity contribution < 1.29 is 14.6 Å². The third-order valence-electron chi connectivity index (χ3n) is 0.469. The van der Waals surface area contributed by atoms with Crippen LogP contribution in [0.4, 0.5) is 0 Å². The molecule has 0 unspecified atom stereocenters. The van der Waals surface area contributed by atoms with Gasteiger partial charge in [0.25, 0.3) is 0 Å². The normalized spacial score (nSPS) is 9.50. The summed E-state index contributed by atoms with van der Waals surface area (Å²) in [6.07, 6.45) is -0.0370. The van der Waals surface area contributed by atoms with E-state index in [9.17, 15) is 4.79 Å². The van der Waals surface area contributed by atoms with E-state index in [0.29, 0.717) is 0 Å². The van der Waals surface area contributed by atoms with Crippen molar-refractivity contribution in [2.24, 2.45) is 0 Å². The fourth-order valence-electron chi connectivity index (χ4n) is 0.182. The number of rotatable bonds is 2. The van der Waals surface area contributed by atoms with Gasteiger partial charge in [0.05, 0.1) is 6.29 Å². The molecule has 0 aliphatic carbocycles. The van der Waals surface area contributed by atoms with E-state index in [1.807, 2.05) is 0 Å². The van der Waals surface area contributed by atoms with Gasteiger partial charge in [-0.15, -0.1) is 0 Å². The van der Waals surface area contributed by atoms with Crippen molar-refractivity contribution in [2.45, 2.75) is 6.92 Å². The summed E-state index contributed by atoms with van der Waals surface area (Å²) in [6.45, 7) is 1.32. The molecule has 0 atom stereocenters. The third-order valence-corrected chi connectivity index (χ3v) is 0.910. The Hall–Kier alpha value is -0.180. The third kappa shape index (κ3) is 5.82. The zero-order valence-corrected chi connectivity index (χ0v) is 5.35. The highest BCUT2D eigenvalue weighted by Crippen LogP contribution is 2.18. The Balaban J connectivity index is 3.05. The van der Waals surface area contributed by atoms with Gasteiger partial charge in [-0.2, -0.15) is 0 Å². The molecule has 0 aromatic heterocycles. The van der Waals surface area contributed by atoms with Gasteiger partial charge in [-0.1, -0.05) is 0 Å². The summed E-state index contributed by atoms with van der Waals surface area (Å²) in [5, 5.41) is 2.23. The minimum Gasteiger partial charge on any atom is -0.349 e. The van der Waals surface area contributed by atoms with E-state index in [-0.39, 0.29) is 12.2 Å². The molecule has 4 nitrogen and oxygen atoms in total. The van der Waals surface area contributed by atoms with Crippen molar-refractivity contribution in [3.05, 3.63) is 0 Å². The van der Waals surface area contributed by atoms with Crippen LogP contribution in [0.2, 0.25) is 0 Å². The summed E-state index contributed by atoms with van der Waals surface area (Å²) in [7, 11) is -1.96. The number of carbonyl (C=O) groups excluding carboxylic acids is 1. The Kier molecular flexibility index (Phi) is 3.69.